The number of halogens is 1. The maximum atomic E-state index is 12.3. The molecule has 0 aliphatic rings. The highest BCUT2D eigenvalue weighted by Gasteiger charge is 2.17. The SMILES string of the molecule is Cc1ccccc1/C=N/NC(=O)CSc1nnc(-c2ccncc2)n1-c1ccc(Cl)cc1. The number of aryl methyl sites for hydroxylation is 1. The lowest BCUT2D eigenvalue weighted by Gasteiger charge is -2.10. The molecule has 0 saturated carbocycles. The lowest BCUT2D eigenvalue weighted by molar-refractivity contribution is -0.118. The Bertz CT molecular complexity index is 1240. The number of nitrogens with zero attached hydrogens (tertiary/aromatic N) is 5. The van der Waals surface area contributed by atoms with Crippen LogP contribution in [0.4, 0.5) is 0 Å². The number of benzene rings is 2. The van der Waals surface area contributed by atoms with E-state index >= 15 is 0 Å². The van der Waals surface area contributed by atoms with Gasteiger partial charge in [-0.3, -0.25) is 14.3 Å². The molecule has 0 spiro atoms. The highest BCUT2D eigenvalue weighted by Crippen LogP contribution is 2.28. The van der Waals surface area contributed by atoms with Crippen molar-refractivity contribution in [3.8, 4) is 17.1 Å². The molecule has 2 heterocycles. The largest absolute Gasteiger partial charge is 0.272 e. The molecule has 9 heteroatoms. The van der Waals surface area contributed by atoms with Crippen LogP contribution in [-0.4, -0.2) is 37.6 Å². The molecule has 0 atom stereocenters. The summed E-state index contributed by atoms with van der Waals surface area (Å²) in [6.07, 6.45) is 5.03. The van der Waals surface area contributed by atoms with E-state index in [0.29, 0.717) is 16.0 Å². The van der Waals surface area contributed by atoms with Gasteiger partial charge in [-0.1, -0.05) is 47.6 Å². The van der Waals surface area contributed by atoms with Gasteiger partial charge < -0.3 is 0 Å². The molecule has 1 N–H and O–H groups in total. The summed E-state index contributed by atoms with van der Waals surface area (Å²) in [6, 6.07) is 18.9. The number of pyridine rings is 1. The van der Waals surface area contributed by atoms with Crippen LogP contribution in [0, 0.1) is 6.92 Å². The van der Waals surface area contributed by atoms with Gasteiger partial charge in [-0.2, -0.15) is 5.10 Å². The van der Waals surface area contributed by atoms with Gasteiger partial charge in [-0.25, -0.2) is 5.43 Å². The maximum Gasteiger partial charge on any atom is 0.250 e. The van der Waals surface area contributed by atoms with Crippen LogP contribution < -0.4 is 5.43 Å². The average molecular weight is 463 g/mol. The molecule has 4 aromatic rings. The van der Waals surface area contributed by atoms with Gasteiger partial charge in [-0.15, -0.1) is 10.2 Å². The predicted molar refractivity (Wildman–Crippen MR) is 127 cm³/mol. The minimum atomic E-state index is -0.240. The van der Waals surface area contributed by atoms with E-state index in [0.717, 1.165) is 22.4 Å². The Labute approximate surface area is 194 Å². The van der Waals surface area contributed by atoms with Crippen molar-refractivity contribution in [2.24, 2.45) is 5.10 Å². The quantitative estimate of drug-likeness (QED) is 0.248. The first kappa shape index (κ1) is 21.7. The maximum absolute atomic E-state index is 12.3. The Morgan fingerprint density at radius 1 is 1.09 bits per heavy atom. The number of thioether (sulfide) groups is 1. The number of aromatic nitrogens is 4. The van der Waals surface area contributed by atoms with Gasteiger partial charge >= 0.3 is 0 Å². The third-order valence-electron chi connectivity index (χ3n) is 4.57. The molecule has 0 saturated heterocycles. The Morgan fingerprint density at radius 3 is 2.59 bits per heavy atom. The highest BCUT2D eigenvalue weighted by atomic mass is 35.5. The summed E-state index contributed by atoms with van der Waals surface area (Å²) in [6.45, 7) is 1.99. The summed E-state index contributed by atoms with van der Waals surface area (Å²) < 4.78 is 1.89. The fourth-order valence-electron chi connectivity index (χ4n) is 2.94. The van der Waals surface area contributed by atoms with Crippen molar-refractivity contribution in [1.29, 1.82) is 0 Å². The normalized spacial score (nSPS) is 11.1. The fourth-order valence-corrected chi connectivity index (χ4v) is 3.81. The van der Waals surface area contributed by atoms with Gasteiger partial charge in [0.2, 0.25) is 0 Å². The summed E-state index contributed by atoms with van der Waals surface area (Å²) in [4.78, 5) is 16.4. The third-order valence-corrected chi connectivity index (χ3v) is 5.75. The second kappa shape index (κ2) is 10.2. The molecular weight excluding hydrogens is 444 g/mol. The van der Waals surface area contributed by atoms with E-state index in [1.54, 1.807) is 30.7 Å². The number of carbonyl (C=O) groups is 1. The molecule has 2 aromatic carbocycles. The number of carbonyl (C=O) groups excluding carboxylic acids is 1. The number of nitrogens with one attached hydrogen (secondary N) is 1. The van der Waals surface area contributed by atoms with Gasteiger partial charge in [0.05, 0.1) is 12.0 Å². The summed E-state index contributed by atoms with van der Waals surface area (Å²) in [7, 11) is 0. The van der Waals surface area contributed by atoms with Crippen molar-refractivity contribution in [2.75, 3.05) is 5.75 Å². The molecule has 7 nitrogen and oxygen atoms in total. The molecule has 0 aliphatic carbocycles. The van der Waals surface area contributed by atoms with Crippen LogP contribution in [-0.2, 0) is 4.79 Å². The van der Waals surface area contributed by atoms with Crippen LogP contribution in [0.5, 0.6) is 0 Å². The van der Waals surface area contributed by atoms with Crippen LogP contribution in [0.2, 0.25) is 5.02 Å². The summed E-state index contributed by atoms with van der Waals surface area (Å²) >= 11 is 7.33. The Kier molecular flexibility index (Phi) is 6.94. The van der Waals surface area contributed by atoms with E-state index < -0.39 is 0 Å². The molecular formula is C23H19ClN6OS. The second-order valence-corrected chi connectivity index (χ2v) is 8.17. The molecule has 0 fully saturated rings. The van der Waals surface area contributed by atoms with Crippen LogP contribution in [0.25, 0.3) is 17.1 Å². The van der Waals surface area contributed by atoms with Crippen molar-refractivity contribution in [2.45, 2.75) is 12.1 Å². The molecule has 160 valence electrons. The molecule has 0 radical (unpaired) electrons. The zero-order valence-electron chi connectivity index (χ0n) is 17.1. The summed E-state index contributed by atoms with van der Waals surface area (Å²) in [5.74, 6) is 0.541. The monoisotopic (exact) mass is 462 g/mol. The van der Waals surface area contributed by atoms with Gasteiger partial charge in [0, 0.05) is 28.7 Å². The molecule has 1 amide bonds. The fraction of sp³-hybridized carbons (Fsp3) is 0.0870. The van der Waals surface area contributed by atoms with Crippen molar-refractivity contribution >= 4 is 35.5 Å². The van der Waals surface area contributed by atoms with E-state index in [2.05, 4.69) is 25.7 Å². The van der Waals surface area contributed by atoms with Crippen LogP contribution in [0.15, 0.2) is 83.3 Å². The molecule has 32 heavy (non-hydrogen) atoms. The van der Waals surface area contributed by atoms with Crippen LogP contribution in [0.3, 0.4) is 0 Å². The van der Waals surface area contributed by atoms with E-state index in [4.69, 9.17) is 11.6 Å². The third kappa shape index (κ3) is 5.22. The van der Waals surface area contributed by atoms with Crippen molar-refractivity contribution in [1.82, 2.24) is 25.2 Å². The number of hydrogen-bond acceptors (Lipinski definition) is 6. The van der Waals surface area contributed by atoms with Gasteiger partial charge in [0.1, 0.15) is 0 Å². The highest BCUT2D eigenvalue weighted by molar-refractivity contribution is 7.99. The predicted octanol–water partition coefficient (Wildman–Crippen LogP) is 4.53. The minimum Gasteiger partial charge on any atom is -0.272 e. The molecule has 0 unspecified atom stereocenters. The molecule has 4 rings (SSSR count). The second-order valence-electron chi connectivity index (χ2n) is 6.79. The molecule has 2 aromatic heterocycles. The zero-order valence-corrected chi connectivity index (χ0v) is 18.7. The zero-order chi connectivity index (χ0) is 22.3. The Balaban J connectivity index is 1.51. The number of hydrogen-bond donors (Lipinski definition) is 1. The van der Waals surface area contributed by atoms with Crippen molar-refractivity contribution in [3.63, 3.8) is 0 Å². The van der Waals surface area contributed by atoms with Gasteiger partial charge in [-0.05, 0) is 54.4 Å². The van der Waals surface area contributed by atoms with Crippen LogP contribution in [0.1, 0.15) is 11.1 Å². The van der Waals surface area contributed by atoms with E-state index in [1.807, 2.05) is 60.0 Å². The van der Waals surface area contributed by atoms with Crippen molar-refractivity contribution in [3.05, 3.63) is 89.2 Å². The summed E-state index contributed by atoms with van der Waals surface area (Å²) in [5.41, 5.74) is 6.29. The Hall–Kier alpha value is -3.49. The first-order valence-electron chi connectivity index (χ1n) is 9.74. The minimum absolute atomic E-state index is 0.132. The summed E-state index contributed by atoms with van der Waals surface area (Å²) in [5, 5.41) is 13.9. The first-order valence-corrected chi connectivity index (χ1v) is 11.1. The number of rotatable bonds is 7. The first-order chi connectivity index (χ1) is 15.6. The number of amides is 1. The molecule has 0 bridgehead atoms. The van der Waals surface area contributed by atoms with Gasteiger partial charge in [0.25, 0.3) is 5.91 Å². The van der Waals surface area contributed by atoms with E-state index in [-0.39, 0.29) is 11.7 Å². The van der Waals surface area contributed by atoms with Crippen molar-refractivity contribution < 1.29 is 4.79 Å². The number of hydrazone groups is 1. The molecule has 0 aliphatic heterocycles. The standard InChI is InChI=1S/C23H19ClN6OS/c1-16-4-2-3-5-18(16)14-26-27-21(31)15-32-23-29-28-22(17-10-12-25-13-11-17)30(23)20-8-6-19(24)7-9-20/h2-14H,15H2,1H3,(H,27,31)/b26-14+. The van der Waals surface area contributed by atoms with E-state index in [9.17, 15) is 4.79 Å². The lowest BCUT2D eigenvalue weighted by atomic mass is 10.1. The Morgan fingerprint density at radius 2 is 1.84 bits per heavy atom. The van der Waals surface area contributed by atoms with E-state index in [1.165, 1.54) is 11.8 Å². The lowest BCUT2D eigenvalue weighted by Crippen LogP contribution is -2.20. The topological polar surface area (TPSA) is 85.1 Å². The average Bonchev–Trinajstić information content (AvgIpc) is 3.24. The van der Waals surface area contributed by atoms with Crippen LogP contribution >= 0.6 is 23.4 Å². The smallest absolute Gasteiger partial charge is 0.250 e. The van der Waals surface area contributed by atoms with Gasteiger partial charge in [0.15, 0.2) is 11.0 Å².